The predicted octanol–water partition coefficient (Wildman–Crippen LogP) is 16.6. The van der Waals surface area contributed by atoms with Crippen LogP contribution in [0.4, 0.5) is 43.9 Å². The number of aliphatic hydroxyl groups is 1. The fourth-order valence-corrected chi connectivity index (χ4v) is 9.86. The molecule has 3 unspecified atom stereocenters. The first-order chi connectivity index (χ1) is 33.8. The highest BCUT2D eigenvalue weighted by atomic mass is 19.2. The van der Waals surface area contributed by atoms with Crippen molar-refractivity contribution < 1.29 is 53.8 Å². The van der Waals surface area contributed by atoms with Gasteiger partial charge in [-0.2, -0.15) is 0 Å². The van der Waals surface area contributed by atoms with Gasteiger partial charge in [0.25, 0.3) is 0 Å². The average molecular weight is 1000 g/mol. The van der Waals surface area contributed by atoms with Crippen molar-refractivity contribution in [2.45, 2.75) is 127 Å². The van der Waals surface area contributed by atoms with Crippen LogP contribution in [0.2, 0.25) is 0 Å². The van der Waals surface area contributed by atoms with Crippen LogP contribution in [0.1, 0.15) is 136 Å². The number of aliphatic hydroxyl groups excluding tert-OH is 1. The van der Waals surface area contributed by atoms with Crippen LogP contribution in [-0.4, -0.2) is 10.9 Å². The van der Waals surface area contributed by atoms with E-state index in [-0.39, 0.29) is 23.2 Å². The van der Waals surface area contributed by atoms with Crippen LogP contribution >= 0.6 is 0 Å². The molecular weight excluding hydrogens is 943 g/mol. The lowest BCUT2D eigenvalue weighted by molar-refractivity contribution is 0.0912. The Hall–Kier alpha value is -6.01. The number of aryl methyl sites for hydroxylation is 2. The number of carbonyl (C=O) groups excluding carboxylic acids is 1. The molecule has 10 rings (SSSR count). The quantitative estimate of drug-likeness (QED) is 0.122. The van der Waals surface area contributed by atoms with Crippen molar-refractivity contribution in [2.75, 3.05) is 0 Å². The van der Waals surface area contributed by atoms with Crippen LogP contribution in [-0.2, 0) is 32.1 Å². The summed E-state index contributed by atoms with van der Waals surface area (Å²) in [5.41, 5.74) is 11.5. The number of rotatable bonds is 0. The van der Waals surface area contributed by atoms with Crippen molar-refractivity contribution in [1.82, 2.24) is 0 Å². The molecule has 0 spiro atoms. The number of fused-ring (bicyclic) bond motifs is 5. The van der Waals surface area contributed by atoms with Crippen LogP contribution < -0.4 is 0 Å². The minimum Gasteiger partial charge on any atom is -0.388 e. The highest BCUT2D eigenvalue weighted by molar-refractivity contribution is 6.00. The van der Waals surface area contributed by atoms with Gasteiger partial charge >= 0.3 is 0 Å². The Morgan fingerprint density at radius 3 is 1.69 bits per heavy atom. The van der Waals surface area contributed by atoms with E-state index in [9.17, 15) is 53.8 Å². The minimum atomic E-state index is -0.922. The van der Waals surface area contributed by atoms with Gasteiger partial charge in [0.05, 0.1) is 6.10 Å². The number of carbonyl (C=O) groups is 1. The van der Waals surface area contributed by atoms with Crippen LogP contribution in [0.25, 0.3) is 16.8 Å². The number of benzene rings is 6. The third-order valence-electron chi connectivity index (χ3n) is 14.5. The minimum absolute atomic E-state index is 0.0711. The van der Waals surface area contributed by atoms with Crippen LogP contribution in [0.15, 0.2) is 65.8 Å². The highest BCUT2D eigenvalue weighted by Crippen LogP contribution is 2.38. The third-order valence-corrected chi connectivity index (χ3v) is 14.5. The van der Waals surface area contributed by atoms with E-state index < -0.39 is 64.3 Å². The lowest BCUT2D eigenvalue weighted by Gasteiger charge is -2.28. The average Bonchev–Trinajstić information content (AvgIpc) is 3.33. The Balaban J connectivity index is 0.000000147. The Bertz CT molecular complexity index is 3150. The SMILES string of the molecule is CC1=CCc2c(cc(F)c(F)c2C)C1.CC1=Cc2cc(F)c(F)c(C)c2CC1.Cc1c(F)c(F)cc2c1CCC(C)C2=O.Cc1c(F)c(F)cc2c1CCC(C)C2O.Cc1ccc2c(C)c(F)c(F)cc2c1. The predicted molar refractivity (Wildman–Crippen MR) is 265 cm³/mol. The highest BCUT2D eigenvalue weighted by Gasteiger charge is 2.29. The van der Waals surface area contributed by atoms with E-state index in [1.54, 1.807) is 27.7 Å². The topological polar surface area (TPSA) is 37.3 Å². The van der Waals surface area contributed by atoms with Crippen LogP contribution in [0, 0.1) is 112 Å². The zero-order valence-corrected chi connectivity index (χ0v) is 42.3. The molecule has 4 aliphatic carbocycles. The molecule has 1 N–H and O–H groups in total. The van der Waals surface area contributed by atoms with E-state index in [0.717, 1.165) is 101 Å². The van der Waals surface area contributed by atoms with Gasteiger partial charge < -0.3 is 5.11 Å². The zero-order chi connectivity index (χ0) is 53.2. The smallest absolute Gasteiger partial charge is 0.166 e. The second-order valence-corrected chi connectivity index (χ2v) is 19.7. The van der Waals surface area contributed by atoms with Crippen LogP contribution in [0.5, 0.6) is 0 Å². The van der Waals surface area contributed by atoms with Gasteiger partial charge in [-0.25, -0.2) is 43.9 Å². The normalized spacial score (nSPS) is 17.4. The van der Waals surface area contributed by atoms with Gasteiger partial charge in [-0.05, 0) is 221 Å². The molecule has 0 bridgehead atoms. The van der Waals surface area contributed by atoms with Crippen LogP contribution in [0.3, 0.4) is 0 Å². The molecule has 0 fully saturated rings. The molecule has 4 aliphatic rings. The summed E-state index contributed by atoms with van der Waals surface area (Å²) in [6, 6.07) is 11.6. The molecule has 0 saturated heterocycles. The van der Waals surface area contributed by atoms with E-state index in [0.29, 0.717) is 45.4 Å². The molecule has 6 aromatic carbocycles. The Labute approximate surface area is 415 Å². The van der Waals surface area contributed by atoms with Gasteiger partial charge in [-0.3, -0.25) is 4.79 Å². The van der Waals surface area contributed by atoms with Gasteiger partial charge in [0.2, 0.25) is 0 Å². The molecule has 0 amide bonds. The number of allylic oxidation sites excluding steroid dienone is 3. The summed E-state index contributed by atoms with van der Waals surface area (Å²) < 4.78 is 132. The van der Waals surface area contributed by atoms with Gasteiger partial charge in [0, 0.05) is 11.5 Å². The van der Waals surface area contributed by atoms with E-state index in [4.69, 9.17) is 0 Å². The van der Waals surface area contributed by atoms with Crippen molar-refractivity contribution >= 4 is 22.6 Å². The van der Waals surface area contributed by atoms with Crippen molar-refractivity contribution in [3.63, 3.8) is 0 Å². The summed E-state index contributed by atoms with van der Waals surface area (Å²) in [5.74, 6) is -7.82. The van der Waals surface area contributed by atoms with E-state index in [2.05, 4.69) is 6.08 Å². The summed E-state index contributed by atoms with van der Waals surface area (Å²) >= 11 is 0. The zero-order valence-electron chi connectivity index (χ0n) is 42.3. The van der Waals surface area contributed by atoms with Gasteiger partial charge in [-0.1, -0.05) is 60.9 Å². The van der Waals surface area contributed by atoms with Gasteiger partial charge in [0.15, 0.2) is 64.0 Å². The summed E-state index contributed by atoms with van der Waals surface area (Å²) in [4.78, 5) is 11.7. The number of ketones is 1. The molecule has 0 radical (unpaired) electrons. The summed E-state index contributed by atoms with van der Waals surface area (Å²) in [5, 5.41) is 11.4. The van der Waals surface area contributed by atoms with Crippen molar-refractivity contribution in [1.29, 1.82) is 0 Å². The largest absolute Gasteiger partial charge is 0.388 e. The van der Waals surface area contributed by atoms with E-state index in [1.165, 1.54) is 36.3 Å². The molecule has 382 valence electrons. The van der Waals surface area contributed by atoms with Gasteiger partial charge in [0.1, 0.15) is 0 Å². The van der Waals surface area contributed by atoms with Crippen molar-refractivity contribution in [3.8, 4) is 0 Å². The Kier molecular flexibility index (Phi) is 17.5. The summed E-state index contributed by atoms with van der Waals surface area (Å²) in [6.45, 7) is 17.7. The molecular formula is C60H60F10O2. The maximum Gasteiger partial charge on any atom is 0.166 e. The van der Waals surface area contributed by atoms with E-state index in [1.807, 2.05) is 58.9 Å². The molecule has 0 aromatic heterocycles. The molecule has 0 saturated carbocycles. The third kappa shape index (κ3) is 11.8. The second kappa shape index (κ2) is 22.8. The maximum atomic E-state index is 13.3. The van der Waals surface area contributed by atoms with Crippen molar-refractivity contribution in [2.24, 2.45) is 11.8 Å². The molecule has 6 aromatic rings. The fourth-order valence-electron chi connectivity index (χ4n) is 9.86. The number of hydrogen-bond acceptors (Lipinski definition) is 2. The summed E-state index contributed by atoms with van der Waals surface area (Å²) in [6.07, 6.45) is 9.50. The first-order valence-corrected chi connectivity index (χ1v) is 24.1. The Morgan fingerprint density at radius 2 is 1.04 bits per heavy atom. The number of hydrogen-bond donors (Lipinski definition) is 1. The first kappa shape index (κ1) is 55.3. The molecule has 0 aliphatic heterocycles. The Morgan fingerprint density at radius 1 is 0.514 bits per heavy atom. The monoisotopic (exact) mass is 1000 g/mol. The van der Waals surface area contributed by atoms with Crippen molar-refractivity contribution in [3.05, 3.63) is 202 Å². The molecule has 2 nitrogen and oxygen atoms in total. The van der Waals surface area contributed by atoms with E-state index >= 15 is 0 Å². The molecule has 12 heteroatoms. The lowest BCUT2D eigenvalue weighted by atomic mass is 9.80. The second-order valence-electron chi connectivity index (χ2n) is 19.7. The number of halogens is 10. The summed E-state index contributed by atoms with van der Waals surface area (Å²) in [7, 11) is 0. The standard InChI is InChI=1S/C12H14F2O.C12H12F2O.2C12H12F2.C12H10F2/c2*1-6-3-4-8-7(2)11(14)10(13)5-9(8)12(6)15;3*1-7-3-4-10-8(2)12(14)11(13)6-9(10)5-7/h5-6,12,15H,3-4H2,1-2H3;5-6H,3-4H2,1-2H3;5-6H,3-4H2,1-2H3;3,6H,4-5H2,1-2H3;3-6H,1-2H3. The fraction of sp³-hybridized carbons (Fsp3) is 0.350. The molecule has 72 heavy (non-hydrogen) atoms. The van der Waals surface area contributed by atoms with Gasteiger partial charge in [-0.15, -0.1) is 0 Å². The maximum absolute atomic E-state index is 13.3. The number of Topliss-reactive ketones (excluding diaryl/α,β-unsaturated/α-hetero) is 1. The first-order valence-electron chi connectivity index (χ1n) is 24.1. The lowest BCUT2D eigenvalue weighted by Crippen LogP contribution is -2.22. The molecule has 0 heterocycles. The molecule has 3 atom stereocenters.